The van der Waals surface area contributed by atoms with Crippen molar-refractivity contribution < 1.29 is 54.6 Å². The Morgan fingerprint density at radius 3 is 2.35 bits per heavy atom. The van der Waals surface area contributed by atoms with Crippen LogP contribution in [0.1, 0.15) is 48.3 Å². The van der Waals surface area contributed by atoms with Gasteiger partial charge >= 0.3 is 18.3 Å². The monoisotopic (exact) mass is 744 g/mol. The quantitative estimate of drug-likeness (QED) is 0.218. The summed E-state index contributed by atoms with van der Waals surface area (Å²) >= 11 is 0. The predicted molar refractivity (Wildman–Crippen MR) is 171 cm³/mol. The van der Waals surface area contributed by atoms with Crippen molar-refractivity contribution in [2.75, 3.05) is 50.0 Å². The first-order chi connectivity index (χ1) is 24.4. The number of alkyl halides is 6. The van der Waals surface area contributed by atoms with Gasteiger partial charge in [0, 0.05) is 69.7 Å². The molecule has 3 heterocycles. The molecule has 2 amide bonds. The molecule has 2 fully saturated rings. The van der Waals surface area contributed by atoms with Crippen molar-refractivity contribution in [3.05, 3.63) is 77.1 Å². The molecule has 2 saturated heterocycles. The molecule has 2 aliphatic rings. The Bertz CT molecular complexity index is 1790. The van der Waals surface area contributed by atoms with Crippen LogP contribution in [0, 0.1) is 23.0 Å². The molecule has 0 saturated carbocycles. The summed E-state index contributed by atoms with van der Waals surface area (Å²) in [6, 6.07) is 5.05. The molecule has 10 nitrogen and oxygen atoms in total. The number of rotatable bonds is 11. The molecule has 0 bridgehead atoms. The number of carboxylic acids is 1. The molecule has 3 N–H and O–H groups in total. The summed E-state index contributed by atoms with van der Waals surface area (Å²) in [4.78, 5) is 44.1. The molecule has 2 atom stereocenters. The lowest BCUT2D eigenvalue weighted by molar-refractivity contribution is -0.219. The highest BCUT2D eigenvalue weighted by Gasteiger charge is 2.68. The number of carbonyl (C=O) groups excluding carboxylic acids is 2. The van der Waals surface area contributed by atoms with Gasteiger partial charge < -0.3 is 24.8 Å². The molecule has 18 heteroatoms. The Morgan fingerprint density at radius 1 is 1.02 bits per heavy atom. The first-order valence-corrected chi connectivity index (χ1v) is 16.4. The van der Waals surface area contributed by atoms with E-state index in [0.29, 0.717) is 6.07 Å². The molecule has 0 spiro atoms. The van der Waals surface area contributed by atoms with Crippen LogP contribution in [0.2, 0.25) is 0 Å². The Kier molecular flexibility index (Phi) is 11.2. The number of carbonyl (C=O) groups is 3. The smallest absolute Gasteiger partial charge is 0.416 e. The molecule has 3 aromatic rings. The normalized spacial score (nSPS) is 20.2. The molecule has 2 aliphatic heterocycles. The number of piperidine rings is 1. The van der Waals surface area contributed by atoms with Crippen molar-refractivity contribution in [3.63, 3.8) is 0 Å². The van der Waals surface area contributed by atoms with Gasteiger partial charge in [-0.05, 0) is 55.1 Å². The topological polar surface area (TPSA) is 120 Å². The Morgan fingerprint density at radius 2 is 1.73 bits per heavy atom. The summed E-state index contributed by atoms with van der Waals surface area (Å²) < 4.78 is 117. The molecule has 2 unspecified atom stereocenters. The minimum atomic E-state index is -5.28. The van der Waals surface area contributed by atoms with Crippen LogP contribution in [0.25, 0.3) is 0 Å². The van der Waals surface area contributed by atoms with Crippen LogP contribution < -0.4 is 15.5 Å². The maximum absolute atomic E-state index is 15.3. The summed E-state index contributed by atoms with van der Waals surface area (Å²) in [5.41, 5.74) is -4.35. The van der Waals surface area contributed by atoms with Gasteiger partial charge in [-0.15, -0.1) is 0 Å². The summed E-state index contributed by atoms with van der Waals surface area (Å²) in [5.74, 6) is -8.14. The van der Waals surface area contributed by atoms with Gasteiger partial charge in [-0.3, -0.25) is 19.7 Å². The van der Waals surface area contributed by atoms with Crippen molar-refractivity contribution in [2.24, 2.45) is 11.3 Å². The lowest BCUT2D eigenvalue weighted by Crippen LogP contribution is -2.53. The predicted octanol–water partition coefficient (Wildman–Crippen LogP) is 5.64. The van der Waals surface area contributed by atoms with E-state index in [1.165, 1.54) is 35.0 Å². The lowest BCUT2D eigenvalue weighted by atomic mass is 9.72. The highest BCUT2D eigenvalue weighted by Crippen LogP contribution is 2.54. The number of hydrogen-bond acceptors (Lipinski definition) is 6. The Balaban J connectivity index is 1.47. The third-order valence-electron chi connectivity index (χ3n) is 9.79. The van der Waals surface area contributed by atoms with E-state index >= 15 is 17.6 Å². The maximum Gasteiger partial charge on any atom is 0.416 e. The first-order valence-electron chi connectivity index (χ1n) is 16.4. The van der Waals surface area contributed by atoms with Crippen molar-refractivity contribution in [3.8, 4) is 0 Å². The molecular weight excluding hydrogens is 708 g/mol. The summed E-state index contributed by atoms with van der Waals surface area (Å²) in [5, 5.41) is 14.0. The molecule has 0 aliphatic carbocycles. The lowest BCUT2D eigenvalue weighted by Gasteiger charge is -2.35. The average molecular weight is 745 g/mol. The second kappa shape index (κ2) is 15.1. The molecule has 52 heavy (non-hydrogen) atoms. The highest BCUT2D eigenvalue weighted by molar-refractivity contribution is 5.96. The van der Waals surface area contributed by atoms with Crippen molar-refractivity contribution in [1.82, 2.24) is 19.8 Å². The number of halogens is 8. The fourth-order valence-electron chi connectivity index (χ4n) is 6.99. The molecule has 282 valence electrons. The van der Waals surface area contributed by atoms with E-state index in [1.807, 2.05) is 0 Å². The van der Waals surface area contributed by atoms with Gasteiger partial charge in [-0.2, -0.15) is 26.3 Å². The molecular formula is C34H36F8N6O4. The third-order valence-corrected chi connectivity index (χ3v) is 9.79. The number of benzene rings is 2. The van der Waals surface area contributed by atoms with E-state index in [1.54, 1.807) is 4.90 Å². The van der Waals surface area contributed by atoms with E-state index in [-0.39, 0.29) is 75.0 Å². The van der Waals surface area contributed by atoms with Crippen LogP contribution >= 0.6 is 0 Å². The van der Waals surface area contributed by atoms with Gasteiger partial charge in [0.1, 0.15) is 11.6 Å². The zero-order valence-corrected chi connectivity index (χ0v) is 27.8. The standard InChI is InChI=1S/C34H36F8N6O4/c1-43-28(49)3-2-11-46-18-25(24-7-6-23(35)16-26(24)36)32(19-46,34(40,41)42)30(52)45-31-44-10-14-48(31)17-21-4-5-22(33(37,38)39)15-27(21)47-12-8-20(9-13-47)29(50)51/h4-7,10,14-16,20,25H,2-3,8-9,11-13,17-19H2,1H3,(H,43,49)(H,50,51)(H,44,45,52). The van der Waals surface area contributed by atoms with Crippen LogP contribution in [-0.2, 0) is 27.1 Å². The molecule has 5 rings (SSSR count). The van der Waals surface area contributed by atoms with Crippen molar-refractivity contribution >= 4 is 29.4 Å². The third kappa shape index (κ3) is 8.00. The second-order valence-corrected chi connectivity index (χ2v) is 13.0. The van der Waals surface area contributed by atoms with Crippen molar-refractivity contribution in [1.29, 1.82) is 0 Å². The first kappa shape index (κ1) is 38.5. The molecule has 0 radical (unpaired) electrons. The number of imidazole rings is 1. The van der Waals surface area contributed by atoms with Crippen LogP contribution in [0.3, 0.4) is 0 Å². The number of nitrogens with zero attached hydrogens (tertiary/aromatic N) is 4. The van der Waals surface area contributed by atoms with E-state index in [9.17, 15) is 37.1 Å². The van der Waals surface area contributed by atoms with Crippen LogP contribution in [0.4, 0.5) is 46.8 Å². The van der Waals surface area contributed by atoms with E-state index in [0.717, 1.165) is 24.3 Å². The van der Waals surface area contributed by atoms with Crippen LogP contribution in [0.5, 0.6) is 0 Å². The average Bonchev–Trinajstić information content (AvgIpc) is 3.69. The fourth-order valence-corrected chi connectivity index (χ4v) is 6.99. The highest BCUT2D eigenvalue weighted by atomic mass is 19.4. The molecule has 2 aromatic carbocycles. The number of nitrogens with one attached hydrogen (secondary N) is 2. The van der Waals surface area contributed by atoms with Crippen LogP contribution in [0.15, 0.2) is 48.8 Å². The summed E-state index contributed by atoms with van der Waals surface area (Å²) in [6.07, 6.45) is -7.04. The zero-order valence-electron chi connectivity index (χ0n) is 27.8. The summed E-state index contributed by atoms with van der Waals surface area (Å²) in [7, 11) is 1.40. The molecule has 1 aromatic heterocycles. The number of amides is 2. The maximum atomic E-state index is 15.3. The van der Waals surface area contributed by atoms with Crippen LogP contribution in [-0.4, -0.2) is 83.3 Å². The Hall–Kier alpha value is -4.74. The summed E-state index contributed by atoms with van der Waals surface area (Å²) in [6.45, 7) is -1.41. The van der Waals surface area contributed by atoms with E-state index < -0.39 is 77.3 Å². The number of likely N-dealkylation sites (tertiary alicyclic amines) is 1. The largest absolute Gasteiger partial charge is 0.481 e. The number of aliphatic carboxylic acids is 1. The van der Waals surface area contributed by atoms with Gasteiger partial charge in [-0.1, -0.05) is 12.1 Å². The Labute approximate surface area is 292 Å². The van der Waals surface area contributed by atoms with Gasteiger partial charge in [0.05, 0.1) is 18.0 Å². The zero-order chi connectivity index (χ0) is 38.0. The minimum Gasteiger partial charge on any atom is -0.481 e. The fraction of sp³-hybridized carbons (Fsp3) is 0.471. The van der Waals surface area contributed by atoms with Gasteiger partial charge in [0.15, 0.2) is 5.41 Å². The number of aromatic nitrogens is 2. The van der Waals surface area contributed by atoms with E-state index in [2.05, 4.69) is 15.6 Å². The van der Waals surface area contributed by atoms with Gasteiger partial charge in [0.2, 0.25) is 17.8 Å². The number of hydrogen-bond donors (Lipinski definition) is 3. The van der Waals surface area contributed by atoms with E-state index in [4.69, 9.17) is 0 Å². The van der Waals surface area contributed by atoms with Gasteiger partial charge in [0.25, 0.3) is 0 Å². The SMILES string of the molecule is CNC(=O)CCCN1CC(c2ccc(F)cc2F)C(C(=O)Nc2nccn2Cc2ccc(C(F)(F)F)cc2N2CCC(C(=O)O)CC2)(C(F)(F)F)C1. The minimum absolute atomic E-state index is 0.0191. The second-order valence-electron chi connectivity index (χ2n) is 13.0. The van der Waals surface area contributed by atoms with Crippen molar-refractivity contribution in [2.45, 2.75) is 50.5 Å². The number of anilines is 2. The van der Waals surface area contributed by atoms with Gasteiger partial charge in [-0.25, -0.2) is 13.8 Å². The number of carboxylic acid groups (broad SMARTS) is 1.